The summed E-state index contributed by atoms with van der Waals surface area (Å²) in [5.74, 6) is 1.55. The van der Waals surface area contributed by atoms with Gasteiger partial charge in [0.05, 0.1) is 5.56 Å². The lowest BCUT2D eigenvalue weighted by molar-refractivity contribution is -0.130. The van der Waals surface area contributed by atoms with Gasteiger partial charge in [0.25, 0.3) is 0 Å². The molecule has 0 saturated carbocycles. The van der Waals surface area contributed by atoms with Gasteiger partial charge in [0.15, 0.2) is 5.82 Å². The summed E-state index contributed by atoms with van der Waals surface area (Å²) >= 11 is 0. The normalized spacial score (nSPS) is 20.6. The molecule has 2 aliphatic heterocycles. The molecule has 3 heterocycles. The molecule has 4 rings (SSSR count). The smallest absolute Gasteiger partial charge is 0.249 e. The fourth-order valence-electron chi connectivity index (χ4n) is 3.65. The molecule has 1 amide bonds. The number of nitrogens with one attached hydrogen (secondary N) is 1. The summed E-state index contributed by atoms with van der Waals surface area (Å²) in [6.07, 6.45) is 4.97. The first-order valence-electron chi connectivity index (χ1n) is 9.49. The number of piperidine rings is 1. The van der Waals surface area contributed by atoms with Crippen LogP contribution in [0.1, 0.15) is 25.7 Å². The van der Waals surface area contributed by atoms with Crippen LogP contribution in [0.4, 0.5) is 5.82 Å². The van der Waals surface area contributed by atoms with Crippen molar-refractivity contribution >= 4 is 11.7 Å². The zero-order valence-electron chi connectivity index (χ0n) is 15.2. The number of amides is 1. The van der Waals surface area contributed by atoms with Crippen molar-refractivity contribution in [1.29, 1.82) is 0 Å². The van der Waals surface area contributed by atoms with E-state index in [-0.39, 0.29) is 23.8 Å². The fraction of sp³-hybridized carbons (Fsp3) is 0.450. The number of benzene rings is 1. The zero-order chi connectivity index (χ0) is 18.6. The highest BCUT2D eigenvalue weighted by Gasteiger charge is 2.27. The molecule has 7 nitrogen and oxygen atoms in total. The summed E-state index contributed by atoms with van der Waals surface area (Å²) in [6.45, 7) is 2.31. The maximum absolute atomic E-state index is 12.2. The topological polar surface area (TPSA) is 87.6 Å². The molecule has 1 atom stereocenters. The number of rotatable bonds is 4. The molecule has 2 saturated heterocycles. The molecule has 0 radical (unpaired) electrons. The zero-order valence-corrected chi connectivity index (χ0v) is 15.2. The summed E-state index contributed by atoms with van der Waals surface area (Å²) in [7, 11) is 0. The molecule has 0 aliphatic carbocycles. The molecule has 142 valence electrons. The number of anilines is 1. The number of carbonyl (C=O) groups is 1. The van der Waals surface area contributed by atoms with Gasteiger partial charge in [0.1, 0.15) is 17.7 Å². The van der Waals surface area contributed by atoms with Crippen molar-refractivity contribution in [3.63, 3.8) is 0 Å². The molecule has 1 aromatic carbocycles. The van der Waals surface area contributed by atoms with Crippen molar-refractivity contribution < 1.29 is 14.6 Å². The Morgan fingerprint density at radius 3 is 2.74 bits per heavy atom. The number of carbonyl (C=O) groups excluding carboxylic acids is 1. The molecule has 7 heteroatoms. The third kappa shape index (κ3) is 4.03. The van der Waals surface area contributed by atoms with E-state index in [2.05, 4.69) is 20.2 Å². The number of aromatic hydroxyl groups is 1. The van der Waals surface area contributed by atoms with Crippen LogP contribution in [0.25, 0.3) is 11.4 Å². The maximum Gasteiger partial charge on any atom is 0.249 e. The monoisotopic (exact) mass is 368 g/mol. The summed E-state index contributed by atoms with van der Waals surface area (Å²) in [5, 5.41) is 13.2. The van der Waals surface area contributed by atoms with Crippen LogP contribution in [0.2, 0.25) is 0 Å². The van der Waals surface area contributed by atoms with E-state index in [1.54, 1.807) is 24.4 Å². The van der Waals surface area contributed by atoms with Crippen molar-refractivity contribution in [2.45, 2.75) is 37.8 Å². The molecule has 2 aromatic rings. The minimum absolute atomic E-state index is 0.0230. The first-order valence-corrected chi connectivity index (χ1v) is 9.49. The van der Waals surface area contributed by atoms with E-state index in [1.165, 1.54) is 0 Å². The number of phenolic OH excluding ortho intramolecular Hbond substituents is 1. The lowest BCUT2D eigenvalue weighted by Gasteiger charge is -2.33. The van der Waals surface area contributed by atoms with Gasteiger partial charge in [0.2, 0.25) is 5.91 Å². The quantitative estimate of drug-likeness (QED) is 0.859. The van der Waals surface area contributed by atoms with Crippen LogP contribution in [0.5, 0.6) is 5.75 Å². The molecule has 0 spiro atoms. The Hall–Kier alpha value is -2.67. The van der Waals surface area contributed by atoms with Crippen LogP contribution in [0, 0.1) is 0 Å². The molecule has 1 unspecified atom stereocenters. The number of phenols is 1. The number of hydrogen-bond acceptors (Lipinski definition) is 6. The van der Waals surface area contributed by atoms with E-state index in [0.717, 1.165) is 44.6 Å². The Kier molecular flexibility index (Phi) is 5.20. The van der Waals surface area contributed by atoms with Gasteiger partial charge < -0.3 is 20.1 Å². The van der Waals surface area contributed by atoms with Crippen LogP contribution in [-0.4, -0.2) is 52.8 Å². The van der Waals surface area contributed by atoms with Gasteiger partial charge in [-0.15, -0.1) is 0 Å². The van der Waals surface area contributed by atoms with E-state index >= 15 is 0 Å². The highest BCUT2D eigenvalue weighted by molar-refractivity contribution is 5.81. The predicted octanol–water partition coefficient (Wildman–Crippen LogP) is 2.11. The second kappa shape index (κ2) is 7.92. The Morgan fingerprint density at radius 1 is 1.19 bits per heavy atom. The van der Waals surface area contributed by atoms with Gasteiger partial charge in [-0.25, -0.2) is 9.97 Å². The van der Waals surface area contributed by atoms with Crippen LogP contribution in [0.15, 0.2) is 36.5 Å². The van der Waals surface area contributed by atoms with Gasteiger partial charge in [-0.3, -0.25) is 4.79 Å². The van der Waals surface area contributed by atoms with Crippen molar-refractivity contribution in [3.05, 3.63) is 36.5 Å². The molecule has 2 fully saturated rings. The molecule has 0 bridgehead atoms. The van der Waals surface area contributed by atoms with Crippen molar-refractivity contribution in [2.24, 2.45) is 0 Å². The van der Waals surface area contributed by atoms with E-state index in [9.17, 15) is 9.90 Å². The van der Waals surface area contributed by atoms with Gasteiger partial charge in [-0.1, -0.05) is 12.1 Å². The lowest BCUT2D eigenvalue weighted by Crippen LogP contribution is -2.47. The number of nitrogens with zero attached hydrogens (tertiary/aromatic N) is 3. The summed E-state index contributed by atoms with van der Waals surface area (Å²) in [4.78, 5) is 23.3. The van der Waals surface area contributed by atoms with E-state index in [0.29, 0.717) is 18.0 Å². The van der Waals surface area contributed by atoms with Gasteiger partial charge in [0, 0.05) is 31.9 Å². The second-order valence-corrected chi connectivity index (χ2v) is 7.03. The number of para-hydroxylation sites is 1. The van der Waals surface area contributed by atoms with Gasteiger partial charge in [-0.2, -0.15) is 0 Å². The van der Waals surface area contributed by atoms with Gasteiger partial charge >= 0.3 is 0 Å². The Balaban J connectivity index is 1.38. The molecular formula is C20H24N4O3. The van der Waals surface area contributed by atoms with Crippen molar-refractivity contribution in [3.8, 4) is 17.1 Å². The molecular weight excluding hydrogens is 344 g/mol. The fourth-order valence-corrected chi connectivity index (χ4v) is 3.65. The number of ether oxygens (including phenoxy) is 1. The molecule has 1 aromatic heterocycles. The third-order valence-corrected chi connectivity index (χ3v) is 5.17. The lowest BCUT2D eigenvalue weighted by atomic mass is 10.0. The second-order valence-electron chi connectivity index (χ2n) is 7.03. The first kappa shape index (κ1) is 17.7. The average molecular weight is 368 g/mol. The van der Waals surface area contributed by atoms with Gasteiger partial charge in [-0.05, 0) is 43.9 Å². The summed E-state index contributed by atoms with van der Waals surface area (Å²) in [5.41, 5.74) is 0.623. The van der Waals surface area contributed by atoms with Crippen molar-refractivity contribution in [2.75, 3.05) is 24.6 Å². The summed E-state index contributed by atoms with van der Waals surface area (Å²) < 4.78 is 5.45. The Bertz CT molecular complexity index is 799. The molecule has 2 N–H and O–H groups in total. The van der Waals surface area contributed by atoms with Crippen LogP contribution >= 0.6 is 0 Å². The van der Waals surface area contributed by atoms with E-state index in [1.807, 2.05) is 12.1 Å². The average Bonchev–Trinajstić information content (AvgIpc) is 3.24. The van der Waals surface area contributed by atoms with Crippen LogP contribution in [-0.2, 0) is 9.53 Å². The van der Waals surface area contributed by atoms with Crippen LogP contribution < -0.4 is 10.2 Å². The minimum atomic E-state index is -0.272. The number of hydrogen-bond donors (Lipinski definition) is 2. The minimum Gasteiger partial charge on any atom is -0.507 e. The highest BCUT2D eigenvalue weighted by Crippen LogP contribution is 2.27. The third-order valence-electron chi connectivity index (χ3n) is 5.17. The Labute approximate surface area is 158 Å². The molecule has 27 heavy (non-hydrogen) atoms. The number of aromatic nitrogens is 2. The van der Waals surface area contributed by atoms with E-state index in [4.69, 9.17) is 4.74 Å². The highest BCUT2D eigenvalue weighted by atomic mass is 16.5. The largest absolute Gasteiger partial charge is 0.507 e. The maximum atomic E-state index is 12.2. The van der Waals surface area contributed by atoms with Crippen molar-refractivity contribution in [1.82, 2.24) is 15.3 Å². The summed E-state index contributed by atoms with van der Waals surface area (Å²) in [6, 6.07) is 9.13. The van der Waals surface area contributed by atoms with Crippen LogP contribution in [0.3, 0.4) is 0 Å². The Morgan fingerprint density at radius 2 is 2.00 bits per heavy atom. The van der Waals surface area contributed by atoms with E-state index < -0.39 is 0 Å². The predicted molar refractivity (Wildman–Crippen MR) is 101 cm³/mol. The molecule has 2 aliphatic rings. The first-order chi connectivity index (χ1) is 13.2. The SMILES string of the molecule is O=C(NC1CCN(c2ccnc(-c3ccccc3O)n2)CC1)C1CCCO1. The standard InChI is InChI=1S/C20H24N4O3/c25-16-5-2-1-4-15(16)19-21-10-7-18(23-19)24-11-8-14(9-12-24)22-20(26)17-6-3-13-27-17/h1-2,4-5,7,10,14,17,25H,3,6,8-9,11-13H2,(H,22,26).